The Balaban J connectivity index is 1.72. The first-order valence-corrected chi connectivity index (χ1v) is 6.34. The van der Waals surface area contributed by atoms with Crippen LogP contribution in [0.15, 0.2) is 0 Å². The lowest BCUT2D eigenvalue weighted by Gasteiger charge is -2.37. The monoisotopic (exact) mass is 229 g/mol. The van der Waals surface area contributed by atoms with E-state index in [0.29, 0.717) is 6.04 Å². The number of aliphatic hydroxyl groups excluding tert-OH is 1. The Morgan fingerprint density at radius 2 is 2.44 bits per heavy atom. The second-order valence-electron chi connectivity index (χ2n) is 4.87. The SMILES string of the molecule is COCCCC(O)C1CN2CCCC2CO1. The van der Waals surface area contributed by atoms with Crippen LogP contribution in [0, 0.1) is 0 Å². The summed E-state index contributed by atoms with van der Waals surface area (Å²) < 4.78 is 10.7. The van der Waals surface area contributed by atoms with E-state index in [-0.39, 0.29) is 12.2 Å². The predicted octanol–water partition coefficient (Wildman–Crippen LogP) is 0.637. The molecular formula is C12H23NO3. The van der Waals surface area contributed by atoms with Crippen molar-refractivity contribution in [1.29, 1.82) is 0 Å². The summed E-state index contributed by atoms with van der Waals surface area (Å²) in [4.78, 5) is 2.47. The topological polar surface area (TPSA) is 41.9 Å². The van der Waals surface area contributed by atoms with Gasteiger partial charge in [0.2, 0.25) is 0 Å². The van der Waals surface area contributed by atoms with Gasteiger partial charge in [-0.1, -0.05) is 0 Å². The third-order valence-corrected chi connectivity index (χ3v) is 3.69. The Morgan fingerprint density at radius 3 is 3.25 bits per heavy atom. The van der Waals surface area contributed by atoms with Crippen molar-refractivity contribution >= 4 is 0 Å². The number of methoxy groups -OCH3 is 1. The zero-order valence-corrected chi connectivity index (χ0v) is 10.1. The maximum atomic E-state index is 10.0. The highest BCUT2D eigenvalue weighted by molar-refractivity contribution is 4.87. The number of nitrogens with zero attached hydrogens (tertiary/aromatic N) is 1. The highest BCUT2D eigenvalue weighted by Gasteiger charge is 2.34. The van der Waals surface area contributed by atoms with Gasteiger partial charge in [-0.05, 0) is 32.2 Å². The van der Waals surface area contributed by atoms with Crippen LogP contribution < -0.4 is 0 Å². The highest BCUT2D eigenvalue weighted by Crippen LogP contribution is 2.24. The number of morpholine rings is 1. The molecule has 0 spiro atoms. The van der Waals surface area contributed by atoms with E-state index in [2.05, 4.69) is 4.90 Å². The first-order chi connectivity index (χ1) is 7.81. The van der Waals surface area contributed by atoms with Crippen molar-refractivity contribution in [3.63, 3.8) is 0 Å². The smallest absolute Gasteiger partial charge is 0.0961 e. The lowest BCUT2D eigenvalue weighted by atomic mass is 10.1. The van der Waals surface area contributed by atoms with Gasteiger partial charge >= 0.3 is 0 Å². The highest BCUT2D eigenvalue weighted by atomic mass is 16.5. The number of hydrogen-bond donors (Lipinski definition) is 1. The van der Waals surface area contributed by atoms with Gasteiger partial charge in [-0.2, -0.15) is 0 Å². The van der Waals surface area contributed by atoms with Crippen molar-refractivity contribution in [3.8, 4) is 0 Å². The van der Waals surface area contributed by atoms with Crippen molar-refractivity contribution in [3.05, 3.63) is 0 Å². The van der Waals surface area contributed by atoms with Gasteiger partial charge in [0.15, 0.2) is 0 Å². The van der Waals surface area contributed by atoms with Crippen LogP contribution in [0.5, 0.6) is 0 Å². The van der Waals surface area contributed by atoms with Crippen LogP contribution in [0.1, 0.15) is 25.7 Å². The van der Waals surface area contributed by atoms with Crippen molar-refractivity contribution in [1.82, 2.24) is 4.90 Å². The van der Waals surface area contributed by atoms with Crippen LogP contribution in [0.4, 0.5) is 0 Å². The average Bonchev–Trinajstić information content (AvgIpc) is 2.76. The molecule has 0 aromatic carbocycles. The van der Waals surface area contributed by atoms with Crippen LogP contribution >= 0.6 is 0 Å². The second kappa shape index (κ2) is 5.96. The maximum Gasteiger partial charge on any atom is 0.0961 e. The lowest BCUT2D eigenvalue weighted by molar-refractivity contribution is -0.105. The molecule has 0 aliphatic carbocycles. The van der Waals surface area contributed by atoms with Crippen molar-refractivity contribution in [2.24, 2.45) is 0 Å². The van der Waals surface area contributed by atoms with Gasteiger partial charge in [-0.15, -0.1) is 0 Å². The number of ether oxygens (including phenoxy) is 2. The fraction of sp³-hybridized carbons (Fsp3) is 1.00. The van der Waals surface area contributed by atoms with Gasteiger partial charge in [0.05, 0.1) is 18.8 Å². The molecule has 0 saturated carbocycles. The molecule has 0 radical (unpaired) electrons. The Hall–Kier alpha value is -0.160. The molecule has 16 heavy (non-hydrogen) atoms. The minimum atomic E-state index is -0.336. The predicted molar refractivity (Wildman–Crippen MR) is 61.5 cm³/mol. The number of hydrogen-bond acceptors (Lipinski definition) is 4. The summed E-state index contributed by atoms with van der Waals surface area (Å²) in [7, 11) is 1.69. The maximum absolute atomic E-state index is 10.0. The molecule has 0 aromatic rings. The van der Waals surface area contributed by atoms with Crippen molar-refractivity contribution < 1.29 is 14.6 Å². The Morgan fingerprint density at radius 1 is 1.56 bits per heavy atom. The molecule has 0 aromatic heterocycles. The Kier molecular flexibility index (Phi) is 4.58. The summed E-state index contributed by atoms with van der Waals surface area (Å²) in [5.74, 6) is 0. The van der Waals surface area contributed by atoms with Crippen LogP contribution in [0.3, 0.4) is 0 Å². The van der Waals surface area contributed by atoms with E-state index in [1.54, 1.807) is 7.11 Å². The van der Waals surface area contributed by atoms with Gasteiger partial charge in [-0.3, -0.25) is 4.90 Å². The molecule has 94 valence electrons. The molecule has 2 saturated heterocycles. The molecule has 2 heterocycles. The molecule has 2 fully saturated rings. The van der Waals surface area contributed by atoms with Crippen molar-refractivity contribution in [2.75, 3.05) is 33.4 Å². The fourth-order valence-corrected chi connectivity index (χ4v) is 2.70. The second-order valence-corrected chi connectivity index (χ2v) is 4.87. The number of rotatable bonds is 5. The van der Waals surface area contributed by atoms with E-state index >= 15 is 0 Å². The van der Waals surface area contributed by atoms with Crippen LogP contribution in [-0.2, 0) is 9.47 Å². The van der Waals surface area contributed by atoms with E-state index in [0.717, 1.165) is 32.6 Å². The minimum absolute atomic E-state index is 0.00575. The average molecular weight is 229 g/mol. The van der Waals surface area contributed by atoms with Crippen molar-refractivity contribution in [2.45, 2.75) is 43.9 Å². The molecule has 2 rings (SSSR count). The summed E-state index contributed by atoms with van der Waals surface area (Å²) in [6.07, 6.45) is 3.88. The largest absolute Gasteiger partial charge is 0.390 e. The van der Waals surface area contributed by atoms with E-state index in [9.17, 15) is 5.11 Å². The van der Waals surface area contributed by atoms with E-state index in [1.165, 1.54) is 19.4 Å². The lowest BCUT2D eigenvalue weighted by Crippen LogP contribution is -2.50. The molecule has 3 unspecified atom stereocenters. The third-order valence-electron chi connectivity index (χ3n) is 3.69. The fourth-order valence-electron chi connectivity index (χ4n) is 2.70. The normalized spacial score (nSPS) is 32.6. The van der Waals surface area contributed by atoms with Gasteiger partial charge in [0.1, 0.15) is 0 Å². The molecule has 2 aliphatic rings. The van der Waals surface area contributed by atoms with E-state index in [4.69, 9.17) is 9.47 Å². The molecule has 0 bridgehead atoms. The number of aliphatic hydroxyl groups is 1. The van der Waals surface area contributed by atoms with Gasteiger partial charge < -0.3 is 14.6 Å². The molecule has 1 N–H and O–H groups in total. The summed E-state index contributed by atoms with van der Waals surface area (Å²) >= 11 is 0. The standard InChI is InChI=1S/C12H23NO3/c1-15-7-3-5-11(14)12-8-13-6-2-4-10(13)9-16-12/h10-12,14H,2-9H2,1H3. The van der Waals surface area contributed by atoms with Crippen LogP contribution in [-0.4, -0.2) is 61.7 Å². The first-order valence-electron chi connectivity index (χ1n) is 6.34. The van der Waals surface area contributed by atoms with E-state index in [1.807, 2.05) is 0 Å². The number of fused-ring (bicyclic) bond motifs is 1. The molecule has 2 aliphatic heterocycles. The van der Waals surface area contributed by atoms with Gasteiger partial charge in [0.25, 0.3) is 0 Å². The quantitative estimate of drug-likeness (QED) is 0.702. The van der Waals surface area contributed by atoms with Gasteiger partial charge in [0, 0.05) is 26.3 Å². The molecule has 4 heteroatoms. The molecule has 3 atom stereocenters. The molecule has 4 nitrogen and oxygen atoms in total. The van der Waals surface area contributed by atoms with Gasteiger partial charge in [-0.25, -0.2) is 0 Å². The Bertz CT molecular complexity index is 212. The summed E-state index contributed by atoms with van der Waals surface area (Å²) in [5, 5.41) is 10.0. The summed E-state index contributed by atoms with van der Waals surface area (Å²) in [5.41, 5.74) is 0. The van der Waals surface area contributed by atoms with Crippen LogP contribution in [0.25, 0.3) is 0 Å². The van der Waals surface area contributed by atoms with Crippen LogP contribution in [0.2, 0.25) is 0 Å². The summed E-state index contributed by atoms with van der Waals surface area (Å²) in [6.45, 7) is 3.59. The zero-order valence-electron chi connectivity index (χ0n) is 10.1. The minimum Gasteiger partial charge on any atom is -0.390 e. The molecule has 0 amide bonds. The zero-order chi connectivity index (χ0) is 11.4. The Labute approximate surface area is 97.5 Å². The summed E-state index contributed by atoms with van der Waals surface area (Å²) in [6, 6.07) is 0.613. The first kappa shape index (κ1) is 12.3. The third kappa shape index (κ3) is 2.94. The van der Waals surface area contributed by atoms with E-state index < -0.39 is 0 Å². The molecular weight excluding hydrogens is 206 g/mol.